The Hall–Kier alpha value is -0.600. The molecule has 1 aliphatic rings. The van der Waals surface area contributed by atoms with Gasteiger partial charge in [0.25, 0.3) is 0 Å². The summed E-state index contributed by atoms with van der Waals surface area (Å²) in [5.41, 5.74) is -0.558. The van der Waals surface area contributed by atoms with Crippen LogP contribution in [-0.4, -0.2) is 11.8 Å². The molecule has 0 aromatic rings. The summed E-state index contributed by atoms with van der Waals surface area (Å²) < 4.78 is 16.8. The molecule has 0 unspecified atom stereocenters. The molecule has 3 heteroatoms. The molecule has 0 spiro atoms. The van der Waals surface area contributed by atoms with E-state index >= 15 is 0 Å². The molecule has 0 aromatic heterocycles. The number of rotatable bonds is 2. The van der Waals surface area contributed by atoms with Gasteiger partial charge < -0.3 is 4.74 Å². The fraction of sp³-hybridized carbons (Fsp3) is 0.909. The van der Waals surface area contributed by atoms with Gasteiger partial charge in [-0.25, -0.2) is 4.79 Å². The van der Waals surface area contributed by atoms with Crippen LogP contribution in [-0.2, 0) is 4.74 Å². The van der Waals surface area contributed by atoms with Gasteiger partial charge in [-0.05, 0) is 44.4 Å². The standard InChI is InChI=1S/C11H19FO2/c1-8(2)9-4-6-11(3,7-5-9)14-10(12)13/h8-9H,4-7H2,1-3H3. The smallest absolute Gasteiger partial charge is 0.434 e. The number of hydrogen-bond donors (Lipinski definition) is 0. The third-order valence-electron chi connectivity index (χ3n) is 3.36. The van der Waals surface area contributed by atoms with Crippen LogP contribution >= 0.6 is 0 Å². The van der Waals surface area contributed by atoms with Crippen LogP contribution in [0.1, 0.15) is 46.5 Å². The number of halogens is 1. The van der Waals surface area contributed by atoms with Crippen molar-refractivity contribution >= 4 is 6.22 Å². The molecule has 1 aliphatic carbocycles. The molecule has 2 nitrogen and oxygen atoms in total. The van der Waals surface area contributed by atoms with Crippen LogP contribution < -0.4 is 0 Å². The van der Waals surface area contributed by atoms with E-state index in [2.05, 4.69) is 13.8 Å². The van der Waals surface area contributed by atoms with Gasteiger partial charge in [0.1, 0.15) is 5.60 Å². The number of ether oxygens (including phenoxy) is 1. The molecule has 0 N–H and O–H groups in total. The van der Waals surface area contributed by atoms with E-state index in [1.165, 1.54) is 0 Å². The number of carbonyl (C=O) groups is 1. The summed E-state index contributed by atoms with van der Waals surface area (Å²) in [5, 5.41) is 0. The highest BCUT2D eigenvalue weighted by molar-refractivity contribution is 5.58. The van der Waals surface area contributed by atoms with E-state index in [1.807, 2.05) is 6.92 Å². The zero-order valence-electron chi connectivity index (χ0n) is 9.18. The molecule has 0 saturated heterocycles. The van der Waals surface area contributed by atoms with Crippen molar-refractivity contribution in [1.29, 1.82) is 0 Å². The lowest BCUT2D eigenvalue weighted by Gasteiger charge is -2.37. The zero-order chi connectivity index (χ0) is 10.8. The van der Waals surface area contributed by atoms with Crippen LogP contribution in [0.15, 0.2) is 0 Å². The summed E-state index contributed by atoms with van der Waals surface area (Å²) in [6.07, 6.45) is 1.98. The Labute approximate surface area is 84.8 Å². The Morgan fingerprint density at radius 3 is 2.29 bits per heavy atom. The van der Waals surface area contributed by atoms with Gasteiger partial charge in [-0.2, -0.15) is 0 Å². The van der Waals surface area contributed by atoms with Crippen molar-refractivity contribution in [2.45, 2.75) is 52.1 Å². The van der Waals surface area contributed by atoms with Gasteiger partial charge in [0, 0.05) is 0 Å². The molecule has 0 bridgehead atoms. The molecule has 0 atom stereocenters. The minimum atomic E-state index is -1.64. The van der Waals surface area contributed by atoms with Gasteiger partial charge in [-0.15, -0.1) is 4.39 Å². The van der Waals surface area contributed by atoms with Crippen molar-refractivity contribution in [2.24, 2.45) is 11.8 Å². The predicted molar refractivity (Wildman–Crippen MR) is 52.8 cm³/mol. The second-order valence-electron chi connectivity index (χ2n) is 4.87. The second-order valence-corrected chi connectivity index (χ2v) is 4.87. The summed E-state index contributed by atoms with van der Waals surface area (Å²) in [5.74, 6) is 1.36. The Morgan fingerprint density at radius 2 is 1.93 bits per heavy atom. The average Bonchev–Trinajstić information content (AvgIpc) is 2.02. The first-order chi connectivity index (χ1) is 6.43. The summed E-state index contributed by atoms with van der Waals surface area (Å²) in [7, 11) is 0. The van der Waals surface area contributed by atoms with Crippen molar-refractivity contribution in [2.75, 3.05) is 0 Å². The van der Waals surface area contributed by atoms with Crippen molar-refractivity contribution in [3.05, 3.63) is 0 Å². The lowest BCUT2D eigenvalue weighted by atomic mass is 9.75. The van der Waals surface area contributed by atoms with Gasteiger partial charge >= 0.3 is 6.22 Å². The topological polar surface area (TPSA) is 26.3 Å². The average molecular weight is 202 g/mol. The van der Waals surface area contributed by atoms with Gasteiger partial charge in [0.05, 0.1) is 0 Å². The Kier molecular flexibility index (Phi) is 3.51. The highest BCUT2D eigenvalue weighted by atomic mass is 19.1. The molecule has 1 rings (SSSR count). The fourth-order valence-corrected chi connectivity index (χ4v) is 2.21. The van der Waals surface area contributed by atoms with E-state index in [1.54, 1.807) is 0 Å². The van der Waals surface area contributed by atoms with Gasteiger partial charge in [-0.3, -0.25) is 0 Å². The maximum absolute atomic E-state index is 12.1. The minimum absolute atomic E-state index is 0.558. The van der Waals surface area contributed by atoms with Crippen molar-refractivity contribution in [3.63, 3.8) is 0 Å². The van der Waals surface area contributed by atoms with Crippen LogP contribution in [0.2, 0.25) is 0 Å². The van der Waals surface area contributed by atoms with E-state index in [9.17, 15) is 9.18 Å². The lowest BCUT2D eigenvalue weighted by Crippen LogP contribution is -2.36. The van der Waals surface area contributed by atoms with Crippen LogP contribution in [0.5, 0.6) is 0 Å². The van der Waals surface area contributed by atoms with Crippen LogP contribution in [0, 0.1) is 11.8 Å². The van der Waals surface area contributed by atoms with Gasteiger partial charge in [0.2, 0.25) is 0 Å². The largest absolute Gasteiger partial charge is 0.495 e. The summed E-state index contributed by atoms with van der Waals surface area (Å²) in [6, 6.07) is 0. The van der Waals surface area contributed by atoms with E-state index in [4.69, 9.17) is 4.74 Å². The Morgan fingerprint density at radius 1 is 1.43 bits per heavy atom. The Bertz CT molecular complexity index is 205. The third-order valence-corrected chi connectivity index (χ3v) is 3.36. The first-order valence-electron chi connectivity index (χ1n) is 5.31. The van der Waals surface area contributed by atoms with E-state index in [0.29, 0.717) is 11.8 Å². The maximum Gasteiger partial charge on any atom is 0.495 e. The highest BCUT2D eigenvalue weighted by Crippen LogP contribution is 2.37. The molecule has 1 saturated carbocycles. The second kappa shape index (κ2) is 4.28. The molecule has 0 aromatic carbocycles. The summed E-state index contributed by atoms with van der Waals surface area (Å²) >= 11 is 0. The quantitative estimate of drug-likeness (QED) is 0.638. The van der Waals surface area contributed by atoms with E-state index in [0.717, 1.165) is 25.7 Å². The monoisotopic (exact) mass is 202 g/mol. The van der Waals surface area contributed by atoms with Crippen LogP contribution in [0.3, 0.4) is 0 Å². The molecular weight excluding hydrogens is 183 g/mol. The molecule has 0 radical (unpaired) electrons. The zero-order valence-corrected chi connectivity index (χ0v) is 9.18. The predicted octanol–water partition coefficient (Wildman–Crippen LogP) is 3.70. The molecule has 0 aliphatic heterocycles. The summed E-state index contributed by atoms with van der Waals surface area (Å²) in [4.78, 5) is 10.2. The van der Waals surface area contributed by atoms with Crippen molar-refractivity contribution < 1.29 is 13.9 Å². The van der Waals surface area contributed by atoms with Crippen LogP contribution in [0.4, 0.5) is 9.18 Å². The molecular formula is C11H19FO2. The van der Waals surface area contributed by atoms with Crippen LogP contribution in [0.25, 0.3) is 0 Å². The Balaban J connectivity index is 2.44. The third kappa shape index (κ3) is 2.96. The fourth-order valence-electron chi connectivity index (χ4n) is 2.21. The van der Waals surface area contributed by atoms with E-state index in [-0.39, 0.29) is 0 Å². The first-order valence-corrected chi connectivity index (χ1v) is 5.31. The minimum Gasteiger partial charge on any atom is -0.434 e. The summed E-state index contributed by atoms with van der Waals surface area (Å²) in [6.45, 7) is 6.23. The van der Waals surface area contributed by atoms with Crippen molar-refractivity contribution in [3.8, 4) is 0 Å². The van der Waals surface area contributed by atoms with Gasteiger partial charge in [0.15, 0.2) is 0 Å². The molecule has 0 amide bonds. The highest BCUT2D eigenvalue weighted by Gasteiger charge is 2.35. The first kappa shape index (κ1) is 11.5. The molecule has 14 heavy (non-hydrogen) atoms. The molecule has 82 valence electrons. The lowest BCUT2D eigenvalue weighted by molar-refractivity contribution is -0.0285. The maximum atomic E-state index is 12.1. The SMILES string of the molecule is CC(C)C1CCC(C)(OC(=O)F)CC1. The van der Waals surface area contributed by atoms with E-state index < -0.39 is 11.8 Å². The number of hydrogen-bond acceptors (Lipinski definition) is 2. The normalized spacial score (nSPS) is 33.1. The van der Waals surface area contributed by atoms with Crippen molar-refractivity contribution in [1.82, 2.24) is 0 Å². The number of carbonyl (C=O) groups excluding carboxylic acids is 1. The molecule has 1 fully saturated rings. The molecule has 0 heterocycles. The van der Waals surface area contributed by atoms with Gasteiger partial charge in [-0.1, -0.05) is 13.8 Å².